The molecule has 1 aliphatic rings. The van der Waals surface area contributed by atoms with Gasteiger partial charge < -0.3 is 9.72 Å². The molecule has 1 saturated carbocycles. The molecule has 4 nitrogen and oxygen atoms in total. The van der Waals surface area contributed by atoms with E-state index in [4.69, 9.17) is 0 Å². The molecule has 2 heterocycles. The van der Waals surface area contributed by atoms with Gasteiger partial charge in [0, 0.05) is 12.4 Å². The van der Waals surface area contributed by atoms with Crippen LogP contribution in [0, 0.1) is 24.2 Å². The van der Waals surface area contributed by atoms with Crippen LogP contribution in [0.1, 0.15) is 33.4 Å². The van der Waals surface area contributed by atoms with Gasteiger partial charge >= 0.3 is 0 Å². The highest BCUT2D eigenvalue weighted by atomic mass is 16.2. The van der Waals surface area contributed by atoms with E-state index in [-0.39, 0.29) is 17.2 Å². The number of carbonyl (C=O) groups is 1. The average Bonchev–Trinajstić information content (AvgIpc) is 2.75. The minimum Gasteiger partial charge on any atom is -0.324 e. The number of carbonyl (C=O) groups excluding carboxylic acids is 1. The monoisotopic (exact) mass is 297 g/mol. The van der Waals surface area contributed by atoms with E-state index in [0.717, 1.165) is 17.0 Å². The van der Waals surface area contributed by atoms with Crippen LogP contribution in [0.5, 0.6) is 0 Å². The largest absolute Gasteiger partial charge is 0.324 e. The Hall–Kier alpha value is -2.10. The minimum absolute atomic E-state index is 0.0387. The molecule has 2 aromatic heterocycles. The molecule has 1 fully saturated rings. The maximum atomic E-state index is 12.6. The fourth-order valence-electron chi connectivity index (χ4n) is 3.26. The Balaban J connectivity index is 1.77. The van der Waals surface area contributed by atoms with E-state index < -0.39 is 0 Å². The summed E-state index contributed by atoms with van der Waals surface area (Å²) < 4.78 is 1.94. The van der Waals surface area contributed by atoms with Gasteiger partial charge in [0.05, 0.1) is 17.3 Å². The Kier molecular flexibility index (Phi) is 3.35. The van der Waals surface area contributed by atoms with Crippen molar-refractivity contribution in [1.29, 1.82) is 0 Å². The first kappa shape index (κ1) is 14.8. The molecular weight excluding hydrogens is 274 g/mol. The maximum absolute atomic E-state index is 12.6. The van der Waals surface area contributed by atoms with Crippen molar-refractivity contribution in [2.24, 2.45) is 17.3 Å². The summed E-state index contributed by atoms with van der Waals surface area (Å²) in [6.07, 6.45) is 6.09. The molecule has 0 aliphatic heterocycles. The van der Waals surface area contributed by atoms with Gasteiger partial charge in [0.2, 0.25) is 5.91 Å². The molecule has 22 heavy (non-hydrogen) atoms. The van der Waals surface area contributed by atoms with Gasteiger partial charge in [-0.3, -0.25) is 4.79 Å². The second-order valence-electron chi connectivity index (χ2n) is 7.12. The summed E-state index contributed by atoms with van der Waals surface area (Å²) in [7, 11) is 0. The lowest BCUT2D eigenvalue weighted by molar-refractivity contribution is -0.118. The van der Waals surface area contributed by atoms with Gasteiger partial charge in [-0.2, -0.15) is 0 Å². The van der Waals surface area contributed by atoms with Crippen LogP contribution in [-0.2, 0) is 4.79 Å². The fourth-order valence-corrected chi connectivity index (χ4v) is 3.26. The number of nitrogens with zero attached hydrogens (tertiary/aromatic N) is 2. The van der Waals surface area contributed by atoms with E-state index in [2.05, 4.69) is 44.1 Å². The smallest absolute Gasteiger partial charge is 0.228 e. The van der Waals surface area contributed by atoms with E-state index in [9.17, 15) is 4.79 Å². The Morgan fingerprint density at radius 1 is 1.32 bits per heavy atom. The number of rotatable bonds is 3. The van der Waals surface area contributed by atoms with E-state index in [1.807, 2.05) is 35.9 Å². The number of aryl methyl sites for hydroxylation is 1. The third-order valence-corrected chi connectivity index (χ3v) is 4.55. The second kappa shape index (κ2) is 4.97. The van der Waals surface area contributed by atoms with Gasteiger partial charge in [0.1, 0.15) is 5.65 Å². The van der Waals surface area contributed by atoms with Crippen LogP contribution in [0.2, 0.25) is 0 Å². The summed E-state index contributed by atoms with van der Waals surface area (Å²) in [6.45, 7) is 10.4. The molecule has 0 bridgehead atoms. The highest BCUT2D eigenvalue weighted by Crippen LogP contribution is 2.59. The predicted octanol–water partition coefficient (Wildman–Crippen LogP) is 3.82. The molecule has 1 N–H and O–H groups in total. The number of anilines is 1. The number of pyridine rings is 1. The zero-order chi connectivity index (χ0) is 16.1. The van der Waals surface area contributed by atoms with Crippen molar-refractivity contribution in [2.45, 2.75) is 34.6 Å². The van der Waals surface area contributed by atoms with E-state index in [0.29, 0.717) is 5.92 Å². The maximum Gasteiger partial charge on any atom is 0.228 e. The topological polar surface area (TPSA) is 46.4 Å². The zero-order valence-corrected chi connectivity index (χ0v) is 13.8. The molecular formula is C18H23N3O. The molecule has 2 atom stereocenters. The quantitative estimate of drug-likeness (QED) is 0.875. The highest BCUT2D eigenvalue weighted by Gasteiger charge is 2.60. The molecule has 116 valence electrons. The SMILES string of the molecule is CC(C)=C[C@@H]1[C@H](C(=O)Nc2ccc3nc(C)cn3c2)C1(C)C. The van der Waals surface area contributed by atoms with E-state index >= 15 is 0 Å². The number of aromatic nitrogens is 2. The van der Waals surface area contributed by atoms with Crippen molar-refractivity contribution in [3.05, 3.63) is 41.9 Å². The Bertz CT molecular complexity index is 766. The lowest BCUT2D eigenvalue weighted by Gasteiger charge is -2.06. The summed E-state index contributed by atoms with van der Waals surface area (Å²) in [4.78, 5) is 16.9. The van der Waals surface area contributed by atoms with Crippen LogP contribution < -0.4 is 5.32 Å². The number of amides is 1. The number of allylic oxidation sites excluding steroid dienone is 2. The number of hydrogen-bond donors (Lipinski definition) is 1. The lowest BCUT2D eigenvalue weighted by Crippen LogP contribution is -2.17. The molecule has 4 heteroatoms. The minimum atomic E-state index is 0.0387. The molecule has 3 rings (SSSR count). The van der Waals surface area contributed by atoms with Crippen molar-refractivity contribution in [3.8, 4) is 0 Å². The van der Waals surface area contributed by atoms with Gasteiger partial charge in [0.25, 0.3) is 0 Å². The first-order valence-electron chi connectivity index (χ1n) is 7.70. The first-order valence-corrected chi connectivity index (χ1v) is 7.70. The Morgan fingerprint density at radius 2 is 2.05 bits per heavy atom. The van der Waals surface area contributed by atoms with Crippen molar-refractivity contribution in [3.63, 3.8) is 0 Å². The molecule has 1 amide bonds. The molecule has 2 aromatic rings. The van der Waals surface area contributed by atoms with Gasteiger partial charge in [0.15, 0.2) is 0 Å². The number of hydrogen-bond acceptors (Lipinski definition) is 2. The van der Waals surface area contributed by atoms with Crippen molar-refractivity contribution < 1.29 is 4.79 Å². The van der Waals surface area contributed by atoms with Gasteiger partial charge in [-0.25, -0.2) is 4.98 Å². The van der Waals surface area contributed by atoms with Crippen LogP contribution in [0.15, 0.2) is 36.2 Å². The summed E-state index contributed by atoms with van der Waals surface area (Å²) in [6, 6.07) is 3.83. The molecule has 0 spiro atoms. The summed E-state index contributed by atoms with van der Waals surface area (Å²) in [5.74, 6) is 0.475. The van der Waals surface area contributed by atoms with Crippen LogP contribution in [0.25, 0.3) is 5.65 Å². The summed E-state index contributed by atoms with van der Waals surface area (Å²) in [5.41, 5.74) is 3.98. The number of nitrogens with one attached hydrogen (secondary N) is 1. The van der Waals surface area contributed by atoms with Crippen LogP contribution in [0.3, 0.4) is 0 Å². The van der Waals surface area contributed by atoms with E-state index in [1.165, 1.54) is 5.57 Å². The lowest BCUT2D eigenvalue weighted by atomic mass is 10.1. The molecule has 1 aliphatic carbocycles. The van der Waals surface area contributed by atoms with Crippen LogP contribution >= 0.6 is 0 Å². The van der Waals surface area contributed by atoms with Crippen molar-refractivity contribution in [2.75, 3.05) is 5.32 Å². The first-order chi connectivity index (χ1) is 10.3. The third-order valence-electron chi connectivity index (χ3n) is 4.55. The summed E-state index contributed by atoms with van der Waals surface area (Å²) >= 11 is 0. The number of fused-ring (bicyclic) bond motifs is 1. The fraction of sp³-hybridized carbons (Fsp3) is 0.444. The molecule has 0 unspecified atom stereocenters. The van der Waals surface area contributed by atoms with E-state index in [1.54, 1.807) is 0 Å². The molecule has 0 radical (unpaired) electrons. The van der Waals surface area contributed by atoms with Gasteiger partial charge in [-0.05, 0) is 44.2 Å². The molecule has 0 saturated heterocycles. The standard InChI is InChI=1S/C18H23N3O/c1-11(2)8-14-16(18(14,4)5)17(22)20-13-6-7-15-19-12(3)9-21(15)10-13/h6-10,14,16H,1-5H3,(H,20,22)/t14-,16-/m1/s1. The van der Waals surface area contributed by atoms with Crippen LogP contribution in [0.4, 0.5) is 5.69 Å². The van der Waals surface area contributed by atoms with Gasteiger partial charge in [-0.1, -0.05) is 25.5 Å². The Morgan fingerprint density at radius 3 is 2.73 bits per heavy atom. The second-order valence-corrected chi connectivity index (χ2v) is 7.12. The number of imidazole rings is 1. The van der Waals surface area contributed by atoms with Gasteiger partial charge in [-0.15, -0.1) is 0 Å². The zero-order valence-electron chi connectivity index (χ0n) is 13.8. The predicted molar refractivity (Wildman–Crippen MR) is 88.8 cm³/mol. The molecule has 0 aromatic carbocycles. The Labute approximate surface area is 131 Å². The summed E-state index contributed by atoms with van der Waals surface area (Å²) in [5, 5.41) is 3.05. The van der Waals surface area contributed by atoms with Crippen molar-refractivity contribution in [1.82, 2.24) is 9.38 Å². The normalized spacial score (nSPS) is 22.4. The van der Waals surface area contributed by atoms with Crippen molar-refractivity contribution >= 4 is 17.2 Å². The third kappa shape index (κ3) is 2.54. The van der Waals surface area contributed by atoms with Crippen LogP contribution in [-0.4, -0.2) is 15.3 Å². The average molecular weight is 297 g/mol. The highest BCUT2D eigenvalue weighted by molar-refractivity contribution is 5.95.